The summed E-state index contributed by atoms with van der Waals surface area (Å²) < 4.78 is 0. The highest BCUT2D eigenvalue weighted by Crippen LogP contribution is 2.16. The summed E-state index contributed by atoms with van der Waals surface area (Å²) >= 11 is 0. The number of hydrogen-bond acceptors (Lipinski definition) is 2. The van der Waals surface area contributed by atoms with Crippen LogP contribution in [-0.4, -0.2) is 23.7 Å². The maximum atomic E-state index is 12.3. The smallest absolute Gasteiger partial charge is 0.251 e. The Bertz CT molecular complexity index is 627. The zero-order valence-electron chi connectivity index (χ0n) is 13.4. The molecule has 2 rings (SSSR count). The molecule has 3 heteroatoms. The third-order valence-electron chi connectivity index (χ3n) is 3.72. The van der Waals surface area contributed by atoms with Crippen molar-refractivity contribution in [2.45, 2.75) is 33.3 Å². The van der Waals surface area contributed by atoms with Crippen molar-refractivity contribution >= 4 is 5.91 Å². The molecule has 0 spiro atoms. The summed E-state index contributed by atoms with van der Waals surface area (Å²) in [6.07, 6.45) is -0.0510. The van der Waals surface area contributed by atoms with Gasteiger partial charge >= 0.3 is 0 Å². The number of aliphatic hydroxyl groups excluding tert-OH is 1. The first-order chi connectivity index (χ1) is 10.5. The van der Waals surface area contributed by atoms with Gasteiger partial charge in [0.15, 0.2) is 0 Å². The van der Waals surface area contributed by atoms with Crippen molar-refractivity contribution < 1.29 is 9.90 Å². The molecule has 0 unspecified atom stereocenters. The summed E-state index contributed by atoms with van der Waals surface area (Å²) in [6.45, 7) is 6.15. The van der Waals surface area contributed by atoms with Crippen molar-refractivity contribution in [3.63, 3.8) is 0 Å². The average Bonchev–Trinajstić information content (AvgIpc) is 2.45. The van der Waals surface area contributed by atoms with Gasteiger partial charge in [-0.15, -0.1) is 0 Å². The second kappa shape index (κ2) is 7.23. The lowest BCUT2D eigenvalue weighted by Gasteiger charge is -2.15. The molecule has 0 radical (unpaired) electrons. The molecule has 0 aromatic heterocycles. The molecule has 1 amide bonds. The van der Waals surface area contributed by atoms with E-state index in [9.17, 15) is 9.90 Å². The van der Waals surface area contributed by atoms with E-state index in [1.807, 2.05) is 63.2 Å². The minimum Gasteiger partial charge on any atom is -0.391 e. The highest BCUT2D eigenvalue weighted by Gasteiger charge is 2.14. The first-order valence-electron chi connectivity index (χ1n) is 7.55. The van der Waals surface area contributed by atoms with E-state index in [-0.39, 0.29) is 12.5 Å². The second-order valence-corrected chi connectivity index (χ2v) is 5.83. The number of hydrogen-bond donors (Lipinski definition) is 2. The van der Waals surface area contributed by atoms with E-state index in [0.717, 1.165) is 22.3 Å². The van der Waals surface area contributed by atoms with E-state index in [0.29, 0.717) is 12.0 Å². The van der Waals surface area contributed by atoms with Gasteiger partial charge in [0.05, 0.1) is 6.10 Å². The third kappa shape index (κ3) is 4.18. The van der Waals surface area contributed by atoms with Crippen molar-refractivity contribution in [1.82, 2.24) is 5.32 Å². The lowest BCUT2D eigenvalue weighted by atomic mass is 9.99. The molecule has 0 heterocycles. The van der Waals surface area contributed by atoms with Crippen LogP contribution in [0.2, 0.25) is 0 Å². The zero-order valence-corrected chi connectivity index (χ0v) is 13.4. The number of carbonyl (C=O) groups excluding carboxylic acids is 1. The van der Waals surface area contributed by atoms with Crippen LogP contribution in [0.15, 0.2) is 42.5 Å². The molecule has 2 N–H and O–H groups in total. The highest BCUT2D eigenvalue weighted by molar-refractivity contribution is 5.97. The maximum Gasteiger partial charge on any atom is 0.251 e. The Kier molecular flexibility index (Phi) is 5.34. The fourth-order valence-corrected chi connectivity index (χ4v) is 2.80. The summed E-state index contributed by atoms with van der Waals surface area (Å²) in [4.78, 5) is 12.3. The van der Waals surface area contributed by atoms with Gasteiger partial charge in [-0.05, 0) is 37.5 Å². The van der Waals surface area contributed by atoms with Crippen LogP contribution in [-0.2, 0) is 6.42 Å². The van der Waals surface area contributed by atoms with Crippen LogP contribution < -0.4 is 5.32 Å². The SMILES string of the molecule is Cc1cc(C)c(C(=O)NC[C@@H](O)Cc2ccccc2)c(C)c1. The van der Waals surface area contributed by atoms with Gasteiger partial charge in [0.1, 0.15) is 0 Å². The molecule has 2 aromatic carbocycles. The Balaban J connectivity index is 1.95. The van der Waals surface area contributed by atoms with Crippen molar-refractivity contribution in [2.24, 2.45) is 0 Å². The molecule has 0 fully saturated rings. The van der Waals surface area contributed by atoms with E-state index in [4.69, 9.17) is 0 Å². The molecule has 0 saturated heterocycles. The van der Waals surface area contributed by atoms with E-state index in [1.54, 1.807) is 0 Å². The second-order valence-electron chi connectivity index (χ2n) is 5.83. The Hall–Kier alpha value is -2.13. The molecule has 0 aliphatic heterocycles. The predicted molar refractivity (Wildman–Crippen MR) is 89.1 cm³/mol. The standard InChI is InChI=1S/C19H23NO2/c1-13-9-14(2)18(15(3)10-13)19(22)20-12-17(21)11-16-7-5-4-6-8-16/h4-10,17,21H,11-12H2,1-3H3,(H,20,22)/t17-/m0/s1. The fourth-order valence-electron chi connectivity index (χ4n) is 2.80. The molecule has 3 nitrogen and oxygen atoms in total. The number of benzene rings is 2. The van der Waals surface area contributed by atoms with Gasteiger partial charge in [0, 0.05) is 18.5 Å². The van der Waals surface area contributed by atoms with E-state index >= 15 is 0 Å². The van der Waals surface area contributed by atoms with Crippen LogP contribution in [0, 0.1) is 20.8 Å². The first-order valence-corrected chi connectivity index (χ1v) is 7.55. The molecule has 1 atom stereocenters. The normalized spacial score (nSPS) is 12.0. The summed E-state index contributed by atoms with van der Waals surface area (Å²) in [5.74, 6) is -0.123. The lowest BCUT2D eigenvalue weighted by molar-refractivity contribution is 0.0914. The molecule has 0 aliphatic carbocycles. The first kappa shape index (κ1) is 16.2. The molecule has 0 aliphatic rings. The summed E-state index contributed by atoms with van der Waals surface area (Å²) in [5.41, 5.74) is 4.85. The Labute approximate surface area is 132 Å². The number of rotatable bonds is 5. The summed E-state index contributed by atoms with van der Waals surface area (Å²) in [7, 11) is 0. The topological polar surface area (TPSA) is 49.3 Å². The summed E-state index contributed by atoms with van der Waals surface area (Å²) in [6, 6.07) is 13.8. The number of amides is 1. The van der Waals surface area contributed by atoms with Gasteiger partial charge in [-0.3, -0.25) is 4.79 Å². The molecule has 0 bridgehead atoms. The van der Waals surface area contributed by atoms with Crippen molar-refractivity contribution in [3.05, 3.63) is 70.3 Å². The molecule has 2 aromatic rings. The number of aliphatic hydroxyl groups is 1. The lowest BCUT2D eigenvalue weighted by Crippen LogP contribution is -2.34. The molecule has 116 valence electrons. The van der Waals surface area contributed by atoms with Crippen LogP contribution in [0.4, 0.5) is 0 Å². The minimum atomic E-state index is -0.586. The largest absolute Gasteiger partial charge is 0.391 e. The monoisotopic (exact) mass is 297 g/mol. The minimum absolute atomic E-state index is 0.123. The van der Waals surface area contributed by atoms with Crippen molar-refractivity contribution in [3.8, 4) is 0 Å². The molecule has 22 heavy (non-hydrogen) atoms. The van der Waals surface area contributed by atoms with Gasteiger partial charge in [-0.25, -0.2) is 0 Å². The average molecular weight is 297 g/mol. The third-order valence-corrected chi connectivity index (χ3v) is 3.72. The van der Waals surface area contributed by atoms with Gasteiger partial charge in [0.2, 0.25) is 0 Å². The van der Waals surface area contributed by atoms with Gasteiger partial charge < -0.3 is 10.4 Å². The molecular formula is C19H23NO2. The number of aryl methyl sites for hydroxylation is 3. The maximum absolute atomic E-state index is 12.3. The predicted octanol–water partition coefficient (Wildman–Crippen LogP) is 2.95. The Morgan fingerprint density at radius 2 is 1.68 bits per heavy atom. The zero-order chi connectivity index (χ0) is 16.1. The fraction of sp³-hybridized carbons (Fsp3) is 0.316. The van der Waals surface area contributed by atoms with Crippen LogP contribution in [0.25, 0.3) is 0 Å². The summed E-state index contributed by atoms with van der Waals surface area (Å²) in [5, 5.41) is 12.9. The van der Waals surface area contributed by atoms with Crippen LogP contribution in [0.5, 0.6) is 0 Å². The van der Waals surface area contributed by atoms with Crippen LogP contribution in [0.1, 0.15) is 32.6 Å². The van der Waals surface area contributed by atoms with E-state index in [2.05, 4.69) is 5.32 Å². The van der Waals surface area contributed by atoms with Crippen LogP contribution >= 0.6 is 0 Å². The Morgan fingerprint density at radius 1 is 1.09 bits per heavy atom. The van der Waals surface area contributed by atoms with Crippen molar-refractivity contribution in [2.75, 3.05) is 6.54 Å². The van der Waals surface area contributed by atoms with Crippen LogP contribution in [0.3, 0.4) is 0 Å². The van der Waals surface area contributed by atoms with E-state index < -0.39 is 6.10 Å². The highest BCUT2D eigenvalue weighted by atomic mass is 16.3. The number of nitrogens with one attached hydrogen (secondary N) is 1. The van der Waals surface area contributed by atoms with Gasteiger partial charge in [0.25, 0.3) is 5.91 Å². The number of carbonyl (C=O) groups is 1. The van der Waals surface area contributed by atoms with Gasteiger partial charge in [-0.1, -0.05) is 48.0 Å². The van der Waals surface area contributed by atoms with E-state index in [1.165, 1.54) is 0 Å². The molecular weight excluding hydrogens is 274 g/mol. The Morgan fingerprint density at radius 3 is 2.27 bits per heavy atom. The molecule has 0 saturated carbocycles. The quantitative estimate of drug-likeness (QED) is 0.891. The van der Waals surface area contributed by atoms with Gasteiger partial charge in [-0.2, -0.15) is 0 Å². The van der Waals surface area contributed by atoms with Crippen molar-refractivity contribution in [1.29, 1.82) is 0 Å².